The van der Waals surface area contributed by atoms with E-state index in [0.717, 1.165) is 31.4 Å². The lowest BCUT2D eigenvalue weighted by atomic mass is 10.1. The van der Waals surface area contributed by atoms with Crippen molar-refractivity contribution < 1.29 is 9.21 Å². The fraction of sp³-hybridized carbons (Fsp3) is 0.316. The minimum atomic E-state index is -0.335. The summed E-state index contributed by atoms with van der Waals surface area (Å²) in [5.41, 5.74) is 0.294. The van der Waals surface area contributed by atoms with Crippen LogP contribution in [-0.4, -0.2) is 26.7 Å². The van der Waals surface area contributed by atoms with E-state index in [0.29, 0.717) is 12.2 Å². The number of hydrogen-bond acceptors (Lipinski definition) is 4. The minimum absolute atomic E-state index is 0.0992. The molecular weight excluding hydrogens is 318 g/mol. The number of furan rings is 1. The molecule has 1 fully saturated rings. The number of likely N-dealkylation sites (tertiary alicyclic amines) is 1. The minimum Gasteiger partial charge on any atom is -0.467 e. The van der Waals surface area contributed by atoms with E-state index in [9.17, 15) is 9.59 Å². The van der Waals surface area contributed by atoms with Gasteiger partial charge in [0.2, 0.25) is 0 Å². The molecule has 1 aliphatic rings. The molecule has 0 saturated carbocycles. The van der Waals surface area contributed by atoms with Crippen LogP contribution in [0.15, 0.2) is 58.2 Å². The summed E-state index contributed by atoms with van der Waals surface area (Å²) in [6.07, 6.45) is 8.50. The monoisotopic (exact) mass is 337 g/mol. The second-order valence-corrected chi connectivity index (χ2v) is 6.28. The molecule has 1 unspecified atom stereocenters. The summed E-state index contributed by atoms with van der Waals surface area (Å²) < 4.78 is 6.96. The van der Waals surface area contributed by atoms with E-state index in [4.69, 9.17) is 4.42 Å². The third kappa shape index (κ3) is 2.84. The van der Waals surface area contributed by atoms with Crippen molar-refractivity contribution in [3.8, 4) is 0 Å². The van der Waals surface area contributed by atoms with E-state index in [2.05, 4.69) is 4.98 Å². The number of carbonyl (C=O) groups is 1. The Hall–Kier alpha value is -2.89. The predicted octanol–water partition coefficient (Wildman–Crippen LogP) is 3.05. The van der Waals surface area contributed by atoms with Crippen LogP contribution in [0, 0.1) is 0 Å². The van der Waals surface area contributed by atoms with Gasteiger partial charge in [-0.3, -0.25) is 14.0 Å². The Morgan fingerprint density at radius 1 is 1.16 bits per heavy atom. The molecule has 128 valence electrons. The van der Waals surface area contributed by atoms with Gasteiger partial charge >= 0.3 is 0 Å². The van der Waals surface area contributed by atoms with Gasteiger partial charge in [0.05, 0.1) is 12.3 Å². The molecule has 0 aromatic carbocycles. The molecule has 3 aromatic rings. The summed E-state index contributed by atoms with van der Waals surface area (Å²) >= 11 is 0. The summed E-state index contributed by atoms with van der Waals surface area (Å²) in [4.78, 5) is 31.9. The predicted molar refractivity (Wildman–Crippen MR) is 92.4 cm³/mol. The molecule has 0 radical (unpaired) electrons. The molecule has 6 nitrogen and oxygen atoms in total. The fourth-order valence-electron chi connectivity index (χ4n) is 3.46. The Bertz CT molecular complexity index is 946. The molecule has 0 bridgehead atoms. The summed E-state index contributed by atoms with van der Waals surface area (Å²) in [7, 11) is 0. The van der Waals surface area contributed by atoms with Crippen molar-refractivity contribution in [3.63, 3.8) is 0 Å². The first-order chi connectivity index (χ1) is 12.3. The Morgan fingerprint density at radius 2 is 2.08 bits per heavy atom. The highest BCUT2D eigenvalue weighted by Gasteiger charge is 2.30. The average molecular weight is 337 g/mol. The lowest BCUT2D eigenvalue weighted by molar-refractivity contribution is 0.0656. The Morgan fingerprint density at radius 3 is 2.92 bits per heavy atom. The highest BCUT2D eigenvalue weighted by molar-refractivity contribution is 5.94. The van der Waals surface area contributed by atoms with Gasteiger partial charge < -0.3 is 9.32 Å². The number of amides is 1. The van der Waals surface area contributed by atoms with E-state index in [1.165, 1.54) is 10.6 Å². The van der Waals surface area contributed by atoms with E-state index >= 15 is 0 Å². The van der Waals surface area contributed by atoms with Crippen LogP contribution in [-0.2, 0) is 0 Å². The molecule has 1 saturated heterocycles. The van der Waals surface area contributed by atoms with E-state index < -0.39 is 0 Å². The molecule has 0 aliphatic carbocycles. The molecule has 25 heavy (non-hydrogen) atoms. The maximum atomic E-state index is 13.2. The topological polar surface area (TPSA) is 67.8 Å². The van der Waals surface area contributed by atoms with Crippen LogP contribution >= 0.6 is 0 Å². The van der Waals surface area contributed by atoms with Crippen LogP contribution in [0.25, 0.3) is 5.65 Å². The second-order valence-electron chi connectivity index (χ2n) is 6.28. The van der Waals surface area contributed by atoms with Gasteiger partial charge in [-0.2, -0.15) is 0 Å². The Labute approximate surface area is 144 Å². The molecule has 3 aromatic heterocycles. The first-order valence-electron chi connectivity index (χ1n) is 8.56. The van der Waals surface area contributed by atoms with E-state index in [1.807, 2.05) is 18.2 Å². The Kier molecular flexibility index (Phi) is 4.09. The normalized spacial score (nSPS) is 18.2. The van der Waals surface area contributed by atoms with Crippen molar-refractivity contribution in [2.75, 3.05) is 6.54 Å². The van der Waals surface area contributed by atoms with Crippen molar-refractivity contribution in [2.45, 2.75) is 31.7 Å². The zero-order valence-corrected chi connectivity index (χ0v) is 13.8. The van der Waals surface area contributed by atoms with Crippen LogP contribution in [0.1, 0.15) is 47.8 Å². The maximum absolute atomic E-state index is 13.2. The van der Waals surface area contributed by atoms with Gasteiger partial charge in [-0.25, -0.2) is 4.98 Å². The SMILES string of the molecule is O=C(c1cnc2ccccn2c1=O)N1CCCCCC1c1ccco1. The van der Waals surface area contributed by atoms with Gasteiger partial charge in [0.15, 0.2) is 0 Å². The highest BCUT2D eigenvalue weighted by atomic mass is 16.3. The number of carbonyl (C=O) groups excluding carboxylic acids is 1. The fourth-order valence-corrected chi connectivity index (χ4v) is 3.46. The lowest BCUT2D eigenvalue weighted by Gasteiger charge is -2.28. The molecule has 0 N–H and O–H groups in total. The third-order valence-corrected chi connectivity index (χ3v) is 4.73. The molecule has 6 heteroatoms. The van der Waals surface area contributed by atoms with E-state index in [1.54, 1.807) is 29.5 Å². The summed E-state index contributed by atoms with van der Waals surface area (Å²) in [5.74, 6) is 0.489. The van der Waals surface area contributed by atoms with Gasteiger partial charge in [-0.15, -0.1) is 0 Å². The number of fused-ring (bicyclic) bond motifs is 1. The van der Waals surface area contributed by atoms with Crippen LogP contribution < -0.4 is 5.56 Å². The van der Waals surface area contributed by atoms with Crippen LogP contribution in [0.5, 0.6) is 0 Å². The lowest BCUT2D eigenvalue weighted by Crippen LogP contribution is -2.38. The van der Waals surface area contributed by atoms with Crippen LogP contribution in [0.4, 0.5) is 0 Å². The summed E-state index contributed by atoms with van der Waals surface area (Å²) in [6.45, 7) is 0.612. The van der Waals surface area contributed by atoms with Crippen molar-refractivity contribution in [1.82, 2.24) is 14.3 Å². The third-order valence-electron chi connectivity index (χ3n) is 4.73. The summed E-state index contributed by atoms with van der Waals surface area (Å²) in [6, 6.07) is 8.89. The molecule has 1 aliphatic heterocycles. The summed E-state index contributed by atoms with van der Waals surface area (Å²) in [5, 5.41) is 0. The van der Waals surface area contributed by atoms with Crippen molar-refractivity contribution in [3.05, 3.63) is 70.7 Å². The number of hydrogen-bond donors (Lipinski definition) is 0. The Balaban J connectivity index is 1.75. The van der Waals surface area contributed by atoms with Crippen LogP contribution in [0.2, 0.25) is 0 Å². The first-order valence-corrected chi connectivity index (χ1v) is 8.56. The molecule has 1 atom stereocenters. The van der Waals surface area contributed by atoms with Gasteiger partial charge in [-0.05, 0) is 37.1 Å². The largest absolute Gasteiger partial charge is 0.467 e. The van der Waals surface area contributed by atoms with Crippen molar-refractivity contribution in [2.24, 2.45) is 0 Å². The van der Waals surface area contributed by atoms with Crippen LogP contribution in [0.3, 0.4) is 0 Å². The van der Waals surface area contributed by atoms with Crippen molar-refractivity contribution >= 4 is 11.6 Å². The maximum Gasteiger partial charge on any atom is 0.270 e. The molecule has 4 heterocycles. The molecular formula is C19H19N3O3. The van der Waals surface area contributed by atoms with Gasteiger partial charge in [0.1, 0.15) is 17.0 Å². The average Bonchev–Trinajstić information content (AvgIpc) is 3.06. The molecule has 4 rings (SSSR count). The number of pyridine rings is 1. The standard InChI is InChI=1S/C19H19N3O3/c23-18(14-13-20-17-9-3-5-11-22(17)19(14)24)21-10-4-1-2-7-15(21)16-8-6-12-25-16/h3,5-6,8-9,11-13,15H,1-2,4,7,10H2. The van der Waals surface area contributed by atoms with Crippen molar-refractivity contribution in [1.29, 1.82) is 0 Å². The van der Waals surface area contributed by atoms with Gasteiger partial charge in [0, 0.05) is 18.9 Å². The quantitative estimate of drug-likeness (QED) is 0.721. The van der Waals surface area contributed by atoms with E-state index in [-0.39, 0.29) is 23.1 Å². The molecule has 1 amide bonds. The smallest absolute Gasteiger partial charge is 0.270 e. The first kappa shape index (κ1) is 15.6. The number of rotatable bonds is 2. The number of aromatic nitrogens is 2. The highest BCUT2D eigenvalue weighted by Crippen LogP contribution is 2.31. The number of nitrogens with zero attached hydrogens (tertiary/aromatic N) is 3. The molecule has 0 spiro atoms. The zero-order chi connectivity index (χ0) is 17.2. The van der Waals surface area contributed by atoms with Gasteiger partial charge in [-0.1, -0.05) is 18.9 Å². The zero-order valence-electron chi connectivity index (χ0n) is 13.8. The second kappa shape index (κ2) is 6.55. The van der Waals surface area contributed by atoms with Gasteiger partial charge in [0.25, 0.3) is 11.5 Å².